The Balaban J connectivity index is 1.81. The number of fused-ring (bicyclic) bond motifs is 1. The summed E-state index contributed by atoms with van der Waals surface area (Å²) in [5.74, 6) is -2.04. The highest BCUT2D eigenvalue weighted by Crippen LogP contribution is 2.24. The molecule has 1 unspecified atom stereocenters. The summed E-state index contributed by atoms with van der Waals surface area (Å²) in [7, 11) is -2.03. The molecule has 1 aliphatic heterocycles. The topological polar surface area (TPSA) is 71.5 Å². The molecule has 1 atom stereocenters. The molecule has 0 aromatic heterocycles. The van der Waals surface area contributed by atoms with Gasteiger partial charge in [-0.15, -0.1) is 0 Å². The fraction of sp³-hybridized carbons (Fsp3) is 0.0625. The molecule has 0 bridgehead atoms. The number of Topliss-reactive ketones (excluding diaryl/α,β-unsaturated/α-hetero) is 1. The first-order valence-electron chi connectivity index (χ1n) is 6.54. The Morgan fingerprint density at radius 1 is 0.864 bits per heavy atom. The molecule has 0 N–H and O–H groups in total. The van der Waals surface area contributed by atoms with Gasteiger partial charge in [0.15, 0.2) is 5.78 Å². The normalized spacial score (nSPS) is 14.8. The molecule has 1 heterocycles. The van der Waals surface area contributed by atoms with Crippen molar-refractivity contribution in [3.05, 3.63) is 71.3 Å². The summed E-state index contributed by atoms with van der Waals surface area (Å²) in [6.45, 7) is 0. The maximum absolute atomic E-state index is 12.3. The maximum atomic E-state index is 12.3. The van der Waals surface area contributed by atoms with E-state index >= 15 is 0 Å². The Morgan fingerprint density at radius 3 is 1.91 bits per heavy atom. The van der Waals surface area contributed by atoms with Gasteiger partial charge in [-0.05, 0) is 12.1 Å². The zero-order valence-corrected chi connectivity index (χ0v) is 12.2. The van der Waals surface area contributed by atoms with Crippen molar-refractivity contribution in [1.82, 2.24) is 4.31 Å². The molecule has 2 amide bonds. The van der Waals surface area contributed by atoms with Gasteiger partial charge in [-0.1, -0.05) is 42.5 Å². The van der Waals surface area contributed by atoms with Crippen molar-refractivity contribution in [2.45, 2.75) is 0 Å². The number of hydrogen-bond acceptors (Lipinski definition) is 4. The Morgan fingerprint density at radius 2 is 1.36 bits per heavy atom. The summed E-state index contributed by atoms with van der Waals surface area (Å²) in [5.41, 5.74) is 0.827. The lowest BCUT2D eigenvalue weighted by molar-refractivity contribution is 0.0771. The van der Waals surface area contributed by atoms with Gasteiger partial charge >= 0.3 is 0 Å². The minimum atomic E-state index is -2.03. The first-order valence-corrected chi connectivity index (χ1v) is 7.81. The van der Waals surface area contributed by atoms with E-state index in [0.29, 0.717) is 9.87 Å². The van der Waals surface area contributed by atoms with Crippen LogP contribution in [0, 0.1) is 0 Å². The van der Waals surface area contributed by atoms with E-state index in [1.54, 1.807) is 42.5 Å². The second kappa shape index (κ2) is 5.65. The first-order chi connectivity index (χ1) is 10.6. The van der Waals surface area contributed by atoms with Crippen molar-refractivity contribution in [2.75, 3.05) is 5.75 Å². The second-order valence-electron chi connectivity index (χ2n) is 4.71. The molecule has 0 saturated heterocycles. The minimum absolute atomic E-state index is 0.216. The molecule has 2 aromatic carbocycles. The van der Waals surface area contributed by atoms with Gasteiger partial charge in [-0.25, -0.2) is 4.21 Å². The number of nitrogens with zero attached hydrogens (tertiary/aromatic N) is 1. The predicted molar refractivity (Wildman–Crippen MR) is 80.7 cm³/mol. The van der Waals surface area contributed by atoms with Crippen LogP contribution in [0.25, 0.3) is 0 Å². The Hall–Kier alpha value is -2.60. The molecule has 2 aromatic rings. The number of benzene rings is 2. The van der Waals surface area contributed by atoms with Gasteiger partial charge in [-0.2, -0.15) is 4.31 Å². The summed E-state index contributed by atoms with van der Waals surface area (Å²) in [6, 6.07) is 14.6. The monoisotopic (exact) mass is 313 g/mol. The molecule has 0 spiro atoms. The predicted octanol–water partition coefficient (Wildman–Crippen LogP) is 1.83. The van der Waals surface area contributed by atoms with Gasteiger partial charge in [0.1, 0.15) is 16.7 Å². The highest BCUT2D eigenvalue weighted by Gasteiger charge is 2.39. The molecule has 0 aliphatic carbocycles. The maximum Gasteiger partial charge on any atom is 0.273 e. The summed E-state index contributed by atoms with van der Waals surface area (Å²) in [4.78, 5) is 36.4. The van der Waals surface area contributed by atoms with E-state index in [2.05, 4.69) is 0 Å². The van der Waals surface area contributed by atoms with E-state index in [9.17, 15) is 18.6 Å². The first kappa shape index (κ1) is 14.3. The van der Waals surface area contributed by atoms with Crippen LogP contribution in [0.4, 0.5) is 0 Å². The van der Waals surface area contributed by atoms with E-state index in [-0.39, 0.29) is 16.9 Å². The fourth-order valence-corrected chi connectivity index (χ4v) is 3.32. The molecule has 0 saturated carbocycles. The van der Waals surface area contributed by atoms with Gasteiger partial charge < -0.3 is 0 Å². The number of hydrogen-bond donors (Lipinski definition) is 0. The molecule has 5 nitrogen and oxygen atoms in total. The summed E-state index contributed by atoms with van der Waals surface area (Å²) < 4.78 is 13.0. The number of carbonyl (C=O) groups is 3. The smallest absolute Gasteiger partial charge is 0.273 e. The molecule has 6 heteroatoms. The van der Waals surface area contributed by atoms with Crippen molar-refractivity contribution in [3.8, 4) is 0 Å². The number of amides is 2. The average molecular weight is 313 g/mol. The third kappa shape index (κ3) is 2.37. The van der Waals surface area contributed by atoms with Gasteiger partial charge in [0.05, 0.1) is 11.1 Å². The van der Waals surface area contributed by atoms with Crippen LogP contribution in [0.1, 0.15) is 31.1 Å². The van der Waals surface area contributed by atoms with Crippen molar-refractivity contribution < 1.29 is 18.6 Å². The molecule has 0 fully saturated rings. The van der Waals surface area contributed by atoms with Crippen molar-refractivity contribution >= 4 is 28.6 Å². The van der Waals surface area contributed by atoms with E-state index in [1.165, 1.54) is 12.1 Å². The van der Waals surface area contributed by atoms with E-state index in [1.807, 2.05) is 0 Å². The second-order valence-corrected chi connectivity index (χ2v) is 6.00. The lowest BCUT2D eigenvalue weighted by Crippen LogP contribution is -2.35. The van der Waals surface area contributed by atoms with Crippen LogP contribution in [0.2, 0.25) is 0 Å². The van der Waals surface area contributed by atoms with Gasteiger partial charge in [-0.3, -0.25) is 14.4 Å². The largest absolute Gasteiger partial charge is 0.293 e. The highest BCUT2D eigenvalue weighted by molar-refractivity contribution is 7.84. The molecule has 22 heavy (non-hydrogen) atoms. The SMILES string of the molecule is O=C(CS(=O)N1C(=O)c2ccccc2C1=O)c1ccccc1. The van der Waals surface area contributed by atoms with Crippen LogP contribution < -0.4 is 0 Å². The summed E-state index contributed by atoms with van der Waals surface area (Å²) >= 11 is 0. The third-order valence-electron chi connectivity index (χ3n) is 3.31. The quantitative estimate of drug-likeness (QED) is 0.638. The molecular formula is C16H11NO4S. The zero-order chi connectivity index (χ0) is 15.7. The molecule has 1 aliphatic rings. The van der Waals surface area contributed by atoms with E-state index in [4.69, 9.17) is 0 Å². The van der Waals surface area contributed by atoms with Crippen LogP contribution >= 0.6 is 0 Å². The number of rotatable bonds is 4. The van der Waals surface area contributed by atoms with Crippen molar-refractivity contribution in [3.63, 3.8) is 0 Å². The molecule has 110 valence electrons. The van der Waals surface area contributed by atoms with Crippen LogP contribution in [0.15, 0.2) is 54.6 Å². The average Bonchev–Trinajstić information content (AvgIpc) is 2.80. The van der Waals surface area contributed by atoms with Crippen LogP contribution in [0.3, 0.4) is 0 Å². The number of carbonyl (C=O) groups excluding carboxylic acids is 3. The molecule has 0 radical (unpaired) electrons. The van der Waals surface area contributed by atoms with Crippen molar-refractivity contribution in [2.24, 2.45) is 0 Å². The lowest BCUT2D eigenvalue weighted by Gasteiger charge is -2.12. The van der Waals surface area contributed by atoms with Gasteiger partial charge in [0.2, 0.25) is 0 Å². The summed E-state index contributed by atoms with van der Waals surface area (Å²) in [5, 5.41) is 0. The van der Waals surface area contributed by atoms with E-state index in [0.717, 1.165) is 0 Å². The van der Waals surface area contributed by atoms with E-state index < -0.39 is 28.6 Å². The molecule has 3 rings (SSSR count). The summed E-state index contributed by atoms with van der Waals surface area (Å²) in [6.07, 6.45) is 0. The lowest BCUT2D eigenvalue weighted by atomic mass is 10.1. The Labute approximate surface area is 129 Å². The number of ketones is 1. The van der Waals surface area contributed by atoms with Gasteiger partial charge in [0, 0.05) is 5.56 Å². The zero-order valence-electron chi connectivity index (χ0n) is 11.4. The Bertz CT molecular complexity index is 766. The highest BCUT2D eigenvalue weighted by atomic mass is 32.2. The van der Waals surface area contributed by atoms with Crippen LogP contribution in [-0.2, 0) is 11.0 Å². The third-order valence-corrected chi connectivity index (χ3v) is 4.56. The fourth-order valence-electron chi connectivity index (χ4n) is 2.24. The standard InChI is InChI=1S/C16H11NO4S/c18-14(11-6-2-1-3-7-11)10-22(21)17-15(19)12-8-4-5-9-13(12)16(17)20/h1-9H,10H2. The number of imide groups is 1. The van der Waals surface area contributed by atoms with Gasteiger partial charge in [0.25, 0.3) is 11.8 Å². The Kier molecular flexibility index (Phi) is 3.68. The van der Waals surface area contributed by atoms with Crippen LogP contribution in [-0.4, -0.2) is 31.9 Å². The molecular weight excluding hydrogens is 302 g/mol. The van der Waals surface area contributed by atoms with Crippen LogP contribution in [0.5, 0.6) is 0 Å². The minimum Gasteiger partial charge on any atom is -0.293 e. The van der Waals surface area contributed by atoms with Crippen molar-refractivity contribution in [1.29, 1.82) is 0 Å².